The van der Waals surface area contributed by atoms with E-state index in [0.29, 0.717) is 0 Å². The van der Waals surface area contributed by atoms with Crippen LogP contribution in [-0.4, -0.2) is 0 Å². The molecule has 0 N–H and O–H groups in total. The molecule has 50 valence electrons. The highest BCUT2D eigenvalue weighted by atomic mass is 16.6. The van der Waals surface area contributed by atoms with Crippen LogP contribution in [0.5, 0.6) is 0 Å². The van der Waals surface area contributed by atoms with E-state index in [4.69, 9.17) is 4.84 Å². The van der Waals surface area contributed by atoms with Crippen molar-refractivity contribution in [1.29, 1.82) is 0 Å². The van der Waals surface area contributed by atoms with Crippen LogP contribution in [-0.2, 0) is 0 Å². The third-order valence-corrected chi connectivity index (χ3v) is 0.946. The first kappa shape index (κ1) is 6.59. The Morgan fingerprint density at radius 2 is 2.00 bits per heavy atom. The number of hydrogen-bond acceptors (Lipinski definition) is 1. The van der Waals surface area contributed by atoms with Crippen molar-refractivity contribution in [3.63, 3.8) is 0 Å². The lowest BCUT2D eigenvalue weighted by Crippen LogP contribution is -2.38. The predicted octanol–water partition coefficient (Wildman–Crippen LogP) is 0.701. The van der Waals surface area contributed by atoms with Crippen LogP contribution in [0.3, 0.4) is 0 Å². The number of pyridine rings is 1. The standard InChI is InChI=1S/C8H8NO/c1-2-8-10-9-6-4-3-5-7-9/h3-8H,1H2/q+1. The van der Waals surface area contributed by atoms with Crippen LogP contribution in [0.25, 0.3) is 0 Å². The maximum absolute atomic E-state index is 4.97. The van der Waals surface area contributed by atoms with E-state index in [9.17, 15) is 0 Å². The van der Waals surface area contributed by atoms with Gasteiger partial charge in [0.25, 0.3) is 0 Å². The summed E-state index contributed by atoms with van der Waals surface area (Å²) in [5, 5.41) is 0. The molecule has 2 heteroatoms. The lowest BCUT2D eigenvalue weighted by molar-refractivity contribution is -0.876. The molecule has 0 spiro atoms. The summed E-state index contributed by atoms with van der Waals surface area (Å²) in [4.78, 5) is 4.97. The zero-order valence-corrected chi connectivity index (χ0v) is 5.53. The Kier molecular flexibility index (Phi) is 2.30. The van der Waals surface area contributed by atoms with Crippen molar-refractivity contribution >= 4 is 0 Å². The smallest absolute Gasteiger partial charge is 0.223 e. The van der Waals surface area contributed by atoms with E-state index in [1.165, 1.54) is 6.26 Å². The van der Waals surface area contributed by atoms with Gasteiger partial charge in [-0.15, -0.1) is 0 Å². The molecule has 0 aliphatic heterocycles. The molecule has 1 aromatic heterocycles. The van der Waals surface area contributed by atoms with Gasteiger partial charge >= 0.3 is 0 Å². The zero-order chi connectivity index (χ0) is 7.23. The molecular formula is C8H8NO+. The zero-order valence-electron chi connectivity index (χ0n) is 5.53. The Morgan fingerprint density at radius 1 is 1.30 bits per heavy atom. The van der Waals surface area contributed by atoms with Gasteiger partial charge < -0.3 is 0 Å². The van der Waals surface area contributed by atoms with Gasteiger partial charge in [0.05, 0.1) is 0 Å². The number of nitrogens with zero attached hydrogens (tertiary/aromatic N) is 1. The van der Waals surface area contributed by atoms with E-state index in [1.54, 1.807) is 17.1 Å². The Bertz CT molecular complexity index is 237. The molecule has 2 nitrogen and oxygen atoms in total. The molecule has 0 atom stereocenters. The first-order valence-corrected chi connectivity index (χ1v) is 2.91. The van der Waals surface area contributed by atoms with Crippen LogP contribution in [0.1, 0.15) is 0 Å². The monoisotopic (exact) mass is 134 g/mol. The van der Waals surface area contributed by atoms with Crippen molar-refractivity contribution in [3.8, 4) is 0 Å². The molecular weight excluding hydrogens is 126 g/mol. The number of aromatic nitrogens is 1. The molecule has 0 radical (unpaired) electrons. The van der Waals surface area contributed by atoms with Gasteiger partial charge in [-0.25, -0.2) is 4.84 Å². The van der Waals surface area contributed by atoms with Gasteiger partial charge in [-0.2, -0.15) is 0 Å². The lowest BCUT2D eigenvalue weighted by Gasteiger charge is -1.85. The number of rotatable bonds is 2. The molecule has 0 bridgehead atoms. The van der Waals surface area contributed by atoms with E-state index in [-0.39, 0.29) is 0 Å². The molecule has 0 unspecified atom stereocenters. The van der Waals surface area contributed by atoms with Gasteiger partial charge in [-0.3, -0.25) is 0 Å². The van der Waals surface area contributed by atoms with Crippen molar-refractivity contribution in [1.82, 2.24) is 0 Å². The summed E-state index contributed by atoms with van der Waals surface area (Å²) in [6, 6.07) is 5.66. The SMILES string of the molecule is C=C=CO[n+]1ccccc1. The van der Waals surface area contributed by atoms with Crippen molar-refractivity contribution in [2.75, 3.05) is 0 Å². The second-order valence-electron chi connectivity index (χ2n) is 1.66. The van der Waals surface area contributed by atoms with Crippen molar-refractivity contribution in [3.05, 3.63) is 49.2 Å². The average Bonchev–Trinajstić information content (AvgIpc) is 2.03. The Morgan fingerprint density at radius 3 is 2.60 bits per heavy atom. The molecule has 0 aliphatic rings. The lowest BCUT2D eigenvalue weighted by atomic mass is 10.5. The first-order chi connectivity index (χ1) is 4.93. The summed E-state index contributed by atoms with van der Waals surface area (Å²) >= 11 is 0. The van der Waals surface area contributed by atoms with Gasteiger partial charge in [0.2, 0.25) is 18.7 Å². The van der Waals surface area contributed by atoms with Gasteiger partial charge in [0.15, 0.2) is 0 Å². The Hall–Kier alpha value is -1.53. The minimum Gasteiger partial charge on any atom is -0.231 e. The Labute approximate surface area is 59.6 Å². The quantitative estimate of drug-likeness (QED) is 0.329. The van der Waals surface area contributed by atoms with Gasteiger partial charge in [0.1, 0.15) is 0 Å². The third-order valence-electron chi connectivity index (χ3n) is 0.946. The van der Waals surface area contributed by atoms with Crippen molar-refractivity contribution in [2.45, 2.75) is 0 Å². The van der Waals surface area contributed by atoms with Crippen LogP contribution < -0.4 is 9.57 Å². The molecule has 10 heavy (non-hydrogen) atoms. The highest BCUT2D eigenvalue weighted by molar-refractivity contribution is 4.83. The van der Waals surface area contributed by atoms with Gasteiger partial charge in [-0.1, -0.05) is 18.4 Å². The van der Waals surface area contributed by atoms with E-state index in [1.807, 2.05) is 18.2 Å². The molecule has 0 aliphatic carbocycles. The van der Waals surface area contributed by atoms with Crippen LogP contribution in [0.2, 0.25) is 0 Å². The molecule has 0 saturated carbocycles. The fraction of sp³-hybridized carbons (Fsp3) is 0. The van der Waals surface area contributed by atoms with Crippen LogP contribution in [0.15, 0.2) is 49.2 Å². The van der Waals surface area contributed by atoms with Crippen molar-refractivity contribution in [2.24, 2.45) is 0 Å². The summed E-state index contributed by atoms with van der Waals surface area (Å²) in [7, 11) is 0. The summed E-state index contributed by atoms with van der Waals surface area (Å²) < 4.78 is 1.55. The molecule has 1 heterocycles. The average molecular weight is 134 g/mol. The minimum absolute atomic E-state index is 1.39. The van der Waals surface area contributed by atoms with E-state index < -0.39 is 0 Å². The summed E-state index contributed by atoms with van der Waals surface area (Å²) in [6.45, 7) is 3.36. The normalized spacial score (nSPS) is 8.00. The van der Waals surface area contributed by atoms with Gasteiger partial charge in [-0.05, 0) is 0 Å². The number of hydrogen-bond donors (Lipinski definition) is 0. The van der Waals surface area contributed by atoms with Gasteiger partial charge in [0, 0.05) is 16.9 Å². The fourth-order valence-electron chi connectivity index (χ4n) is 0.551. The topological polar surface area (TPSA) is 13.1 Å². The predicted molar refractivity (Wildman–Crippen MR) is 36.9 cm³/mol. The van der Waals surface area contributed by atoms with E-state index in [0.717, 1.165) is 0 Å². The fourth-order valence-corrected chi connectivity index (χ4v) is 0.551. The van der Waals surface area contributed by atoms with Crippen molar-refractivity contribution < 1.29 is 9.57 Å². The summed E-state index contributed by atoms with van der Waals surface area (Å²) in [5.74, 6) is 0. The molecule has 0 fully saturated rings. The molecule has 0 aromatic carbocycles. The second kappa shape index (κ2) is 3.49. The Balaban J connectivity index is 2.67. The van der Waals surface area contributed by atoms with Crippen LogP contribution in [0.4, 0.5) is 0 Å². The highest BCUT2D eigenvalue weighted by Gasteiger charge is 1.91. The highest BCUT2D eigenvalue weighted by Crippen LogP contribution is 1.73. The van der Waals surface area contributed by atoms with Crippen LogP contribution in [0, 0.1) is 0 Å². The second-order valence-corrected chi connectivity index (χ2v) is 1.66. The minimum atomic E-state index is 1.39. The van der Waals surface area contributed by atoms with Crippen LogP contribution >= 0.6 is 0 Å². The molecule has 1 rings (SSSR count). The van der Waals surface area contributed by atoms with E-state index in [2.05, 4.69) is 12.3 Å². The summed E-state index contributed by atoms with van der Waals surface area (Å²) in [6.07, 6.45) is 4.96. The molecule has 1 aromatic rings. The maximum Gasteiger partial charge on any atom is 0.223 e. The molecule has 0 saturated heterocycles. The first-order valence-electron chi connectivity index (χ1n) is 2.91. The summed E-state index contributed by atoms with van der Waals surface area (Å²) in [5.41, 5.74) is 2.50. The maximum atomic E-state index is 4.97. The largest absolute Gasteiger partial charge is 0.231 e. The third kappa shape index (κ3) is 1.77. The van der Waals surface area contributed by atoms with E-state index >= 15 is 0 Å². The molecule has 0 amide bonds.